The lowest BCUT2D eigenvalue weighted by atomic mass is 10.2. The Morgan fingerprint density at radius 3 is 2.71 bits per heavy atom. The predicted molar refractivity (Wildman–Crippen MR) is 67.8 cm³/mol. The summed E-state index contributed by atoms with van der Waals surface area (Å²) in [6, 6.07) is 9.63. The minimum Gasteiger partial charge on any atom is -0.387 e. The molecule has 0 bridgehead atoms. The highest BCUT2D eigenvalue weighted by Gasteiger charge is 2.06. The smallest absolute Gasteiger partial charge is 0.101 e. The summed E-state index contributed by atoms with van der Waals surface area (Å²) in [4.78, 5) is 9.50. The Morgan fingerprint density at radius 2 is 2.12 bits per heavy atom. The van der Waals surface area contributed by atoms with Gasteiger partial charge in [0, 0.05) is 17.3 Å². The van der Waals surface area contributed by atoms with E-state index in [1.807, 2.05) is 37.3 Å². The summed E-state index contributed by atoms with van der Waals surface area (Å²) in [7, 11) is 0. The van der Waals surface area contributed by atoms with Crippen molar-refractivity contribution in [1.29, 1.82) is 0 Å². The lowest BCUT2D eigenvalue weighted by Crippen LogP contribution is -1.97. The zero-order valence-corrected chi connectivity index (χ0v) is 10.4. The highest BCUT2D eigenvalue weighted by Crippen LogP contribution is 2.25. The molecule has 0 saturated heterocycles. The third-order valence-electron chi connectivity index (χ3n) is 2.35. The van der Waals surface area contributed by atoms with Crippen molar-refractivity contribution in [2.45, 2.75) is 29.4 Å². The second-order valence-corrected chi connectivity index (χ2v) is 4.71. The molecule has 17 heavy (non-hydrogen) atoms. The molecule has 2 aromatic heterocycles. The molecule has 0 aromatic carbocycles. The zero-order chi connectivity index (χ0) is 12.1. The van der Waals surface area contributed by atoms with E-state index < -0.39 is 6.10 Å². The molecular formula is C13H14N2OS. The normalized spacial score (nSPS) is 12.4. The fourth-order valence-corrected chi connectivity index (χ4v) is 2.13. The average Bonchev–Trinajstić information content (AvgIpc) is 2.40. The largest absolute Gasteiger partial charge is 0.387 e. The van der Waals surface area contributed by atoms with Crippen molar-refractivity contribution in [3.05, 3.63) is 48.4 Å². The molecule has 0 amide bonds. The zero-order valence-electron chi connectivity index (χ0n) is 9.58. The summed E-state index contributed by atoms with van der Waals surface area (Å²) in [6.07, 6.45) is 3.75. The van der Waals surface area contributed by atoms with Gasteiger partial charge in [-0.25, -0.2) is 4.98 Å². The van der Waals surface area contributed by atoms with Gasteiger partial charge in [-0.15, -0.1) is 0 Å². The third-order valence-corrected chi connectivity index (χ3v) is 3.28. The van der Waals surface area contributed by atoms with E-state index in [9.17, 15) is 5.11 Å². The van der Waals surface area contributed by atoms with Crippen LogP contribution in [0.4, 0.5) is 0 Å². The van der Waals surface area contributed by atoms with Crippen molar-refractivity contribution in [3.8, 4) is 0 Å². The third kappa shape index (κ3) is 3.28. The van der Waals surface area contributed by atoms with Crippen LogP contribution in [0.3, 0.4) is 0 Å². The van der Waals surface area contributed by atoms with E-state index in [1.165, 1.54) is 0 Å². The number of pyridine rings is 2. The molecule has 4 heteroatoms. The maximum Gasteiger partial charge on any atom is 0.101 e. The van der Waals surface area contributed by atoms with Crippen LogP contribution in [-0.2, 0) is 0 Å². The van der Waals surface area contributed by atoms with Gasteiger partial charge in [0.25, 0.3) is 0 Å². The fourth-order valence-electron chi connectivity index (χ4n) is 1.39. The van der Waals surface area contributed by atoms with Crippen molar-refractivity contribution in [3.63, 3.8) is 0 Å². The molecule has 3 nitrogen and oxygen atoms in total. The number of aliphatic hydroxyl groups excluding tert-OH is 1. The molecule has 0 aliphatic rings. The molecule has 88 valence electrons. The minimum absolute atomic E-state index is 0.469. The fraction of sp³-hybridized carbons (Fsp3) is 0.231. The average molecular weight is 246 g/mol. The Morgan fingerprint density at radius 1 is 1.24 bits per heavy atom. The number of aromatic nitrogens is 2. The van der Waals surface area contributed by atoms with Crippen molar-refractivity contribution in [2.75, 3.05) is 0 Å². The first-order valence-corrected chi connectivity index (χ1v) is 6.34. The first kappa shape index (κ1) is 12.1. The Labute approximate surface area is 105 Å². The summed E-state index contributed by atoms with van der Waals surface area (Å²) in [5.74, 6) is 0. The van der Waals surface area contributed by atoms with Crippen LogP contribution in [0.15, 0.2) is 52.6 Å². The molecule has 0 saturated carbocycles. The van der Waals surface area contributed by atoms with Gasteiger partial charge in [-0.2, -0.15) is 0 Å². The lowest BCUT2D eigenvalue weighted by Gasteiger charge is -2.07. The Bertz CT molecular complexity index is 459. The van der Waals surface area contributed by atoms with E-state index >= 15 is 0 Å². The van der Waals surface area contributed by atoms with Crippen LogP contribution >= 0.6 is 11.8 Å². The van der Waals surface area contributed by atoms with Crippen LogP contribution in [0, 0.1) is 0 Å². The summed E-state index contributed by atoms with van der Waals surface area (Å²) in [6.45, 7) is 1.93. The maximum absolute atomic E-state index is 9.63. The van der Waals surface area contributed by atoms with Gasteiger partial charge in [0.1, 0.15) is 5.03 Å². The van der Waals surface area contributed by atoms with E-state index in [1.54, 1.807) is 24.2 Å². The molecule has 0 aliphatic carbocycles. The van der Waals surface area contributed by atoms with Crippen LogP contribution in [0.5, 0.6) is 0 Å². The van der Waals surface area contributed by atoms with E-state index in [0.29, 0.717) is 6.42 Å². The predicted octanol–water partition coefficient (Wildman–Crippen LogP) is 3.07. The Hall–Kier alpha value is -1.39. The molecule has 0 radical (unpaired) electrons. The molecule has 2 aromatic rings. The molecule has 2 rings (SSSR count). The highest BCUT2D eigenvalue weighted by atomic mass is 32.2. The van der Waals surface area contributed by atoms with E-state index in [4.69, 9.17) is 0 Å². The van der Waals surface area contributed by atoms with Crippen LogP contribution in [0.25, 0.3) is 0 Å². The highest BCUT2D eigenvalue weighted by molar-refractivity contribution is 7.99. The second kappa shape index (κ2) is 5.80. The molecule has 0 spiro atoms. The number of hydrogen-bond donors (Lipinski definition) is 1. The summed E-state index contributed by atoms with van der Waals surface area (Å²) in [5, 5.41) is 10.6. The molecular weight excluding hydrogens is 232 g/mol. The standard InChI is InChI=1S/C13H14N2OS/c1-2-12(16)11-7-6-10(9-15-11)17-13-5-3-4-8-14-13/h3-9,12,16H,2H2,1H3/t12-/m1/s1. The molecule has 1 N–H and O–H groups in total. The van der Waals surface area contributed by atoms with Crippen molar-refractivity contribution in [2.24, 2.45) is 0 Å². The monoisotopic (exact) mass is 246 g/mol. The van der Waals surface area contributed by atoms with Gasteiger partial charge in [-0.3, -0.25) is 4.98 Å². The van der Waals surface area contributed by atoms with E-state index in [2.05, 4.69) is 9.97 Å². The van der Waals surface area contributed by atoms with E-state index in [-0.39, 0.29) is 0 Å². The molecule has 0 fully saturated rings. The Kier molecular flexibility index (Phi) is 4.12. The second-order valence-electron chi connectivity index (χ2n) is 3.61. The first-order chi connectivity index (χ1) is 8.29. The van der Waals surface area contributed by atoms with Gasteiger partial charge in [-0.05, 0) is 30.7 Å². The van der Waals surface area contributed by atoms with Crippen LogP contribution in [-0.4, -0.2) is 15.1 Å². The van der Waals surface area contributed by atoms with Gasteiger partial charge in [0.15, 0.2) is 0 Å². The SMILES string of the molecule is CC[C@@H](O)c1ccc(Sc2ccccn2)cn1. The molecule has 1 atom stereocenters. The summed E-state index contributed by atoms with van der Waals surface area (Å²) >= 11 is 1.56. The topological polar surface area (TPSA) is 46.0 Å². The van der Waals surface area contributed by atoms with Crippen LogP contribution < -0.4 is 0 Å². The Balaban J connectivity index is 2.08. The van der Waals surface area contributed by atoms with Crippen molar-refractivity contribution >= 4 is 11.8 Å². The van der Waals surface area contributed by atoms with Crippen molar-refractivity contribution in [1.82, 2.24) is 9.97 Å². The van der Waals surface area contributed by atoms with Crippen LogP contribution in [0.2, 0.25) is 0 Å². The number of rotatable bonds is 4. The van der Waals surface area contributed by atoms with Gasteiger partial charge in [0.05, 0.1) is 11.8 Å². The summed E-state index contributed by atoms with van der Waals surface area (Å²) < 4.78 is 0. The number of hydrogen-bond acceptors (Lipinski definition) is 4. The van der Waals surface area contributed by atoms with E-state index in [0.717, 1.165) is 15.6 Å². The van der Waals surface area contributed by atoms with Gasteiger partial charge in [0.2, 0.25) is 0 Å². The van der Waals surface area contributed by atoms with Crippen LogP contribution in [0.1, 0.15) is 25.1 Å². The number of aliphatic hydroxyl groups is 1. The van der Waals surface area contributed by atoms with Gasteiger partial charge < -0.3 is 5.11 Å². The first-order valence-electron chi connectivity index (χ1n) is 5.52. The lowest BCUT2D eigenvalue weighted by molar-refractivity contribution is 0.169. The number of nitrogens with zero attached hydrogens (tertiary/aromatic N) is 2. The maximum atomic E-state index is 9.63. The molecule has 0 unspecified atom stereocenters. The summed E-state index contributed by atoms with van der Waals surface area (Å²) in [5.41, 5.74) is 0.720. The molecule has 0 aliphatic heterocycles. The minimum atomic E-state index is -0.469. The molecule has 2 heterocycles. The quantitative estimate of drug-likeness (QED) is 0.900. The van der Waals surface area contributed by atoms with Crippen molar-refractivity contribution < 1.29 is 5.11 Å². The van der Waals surface area contributed by atoms with Gasteiger partial charge in [-0.1, -0.05) is 24.8 Å². The van der Waals surface area contributed by atoms with Gasteiger partial charge >= 0.3 is 0 Å².